The molecule has 1 aromatic rings. The number of rotatable bonds is 5. The largest absolute Gasteiger partial charge is 0.495 e. The van der Waals surface area contributed by atoms with Crippen LogP contribution in [0.2, 0.25) is 0 Å². The maximum Gasteiger partial charge on any atom is 0.261 e. The van der Waals surface area contributed by atoms with Gasteiger partial charge in [0, 0.05) is 12.6 Å². The summed E-state index contributed by atoms with van der Waals surface area (Å²) < 4.78 is 6.01. The molecule has 1 saturated heterocycles. The SMILES string of the molecule is COc1cc(C(=O)NCCC2CCCNC2)sc1Br.Cl. The van der Waals surface area contributed by atoms with Crippen LogP contribution in [0, 0.1) is 5.92 Å². The van der Waals surface area contributed by atoms with Crippen molar-refractivity contribution in [2.45, 2.75) is 19.3 Å². The number of carbonyl (C=O) groups is 1. The number of carbonyl (C=O) groups excluding carboxylic acids is 1. The van der Waals surface area contributed by atoms with Crippen LogP contribution in [0.15, 0.2) is 9.85 Å². The standard InChI is InChI=1S/C13H19BrN2O2S.ClH/c1-18-10-7-11(19-12(10)14)13(17)16-6-4-9-3-2-5-15-8-9;/h7,9,15H,2-6,8H2,1H3,(H,16,17);1H. The highest BCUT2D eigenvalue weighted by molar-refractivity contribution is 9.11. The van der Waals surface area contributed by atoms with Crippen LogP contribution in [0.4, 0.5) is 0 Å². The fraction of sp³-hybridized carbons (Fsp3) is 0.615. The lowest BCUT2D eigenvalue weighted by atomic mass is 9.96. The van der Waals surface area contributed by atoms with Crippen LogP contribution in [0.25, 0.3) is 0 Å². The fourth-order valence-corrected chi connectivity index (χ4v) is 3.82. The van der Waals surface area contributed by atoms with Gasteiger partial charge in [-0.1, -0.05) is 0 Å². The predicted octanol–water partition coefficient (Wildman–Crippen LogP) is 3.06. The monoisotopic (exact) mass is 382 g/mol. The Hall–Kier alpha value is -0.300. The molecule has 0 radical (unpaired) electrons. The number of hydrogen-bond acceptors (Lipinski definition) is 4. The highest BCUT2D eigenvalue weighted by Crippen LogP contribution is 2.34. The van der Waals surface area contributed by atoms with Crippen LogP contribution in [0.5, 0.6) is 5.75 Å². The molecule has 2 rings (SSSR count). The molecule has 0 spiro atoms. The molecule has 0 aliphatic carbocycles. The normalized spacial score (nSPS) is 18.2. The van der Waals surface area contributed by atoms with Crippen molar-refractivity contribution < 1.29 is 9.53 Å². The molecule has 1 atom stereocenters. The Kier molecular flexibility index (Phi) is 7.87. The highest BCUT2D eigenvalue weighted by atomic mass is 79.9. The lowest BCUT2D eigenvalue weighted by molar-refractivity contribution is 0.0954. The quantitative estimate of drug-likeness (QED) is 0.821. The van der Waals surface area contributed by atoms with Crippen molar-refractivity contribution in [1.82, 2.24) is 10.6 Å². The Morgan fingerprint density at radius 3 is 3.05 bits per heavy atom. The van der Waals surface area contributed by atoms with Crippen molar-refractivity contribution >= 4 is 45.6 Å². The summed E-state index contributed by atoms with van der Waals surface area (Å²) in [6.07, 6.45) is 3.55. The lowest BCUT2D eigenvalue weighted by Gasteiger charge is -2.22. The molecule has 20 heavy (non-hydrogen) atoms. The first-order valence-electron chi connectivity index (χ1n) is 6.53. The first kappa shape index (κ1) is 17.8. The van der Waals surface area contributed by atoms with Gasteiger partial charge in [-0.2, -0.15) is 0 Å². The Morgan fingerprint density at radius 1 is 1.65 bits per heavy atom. The van der Waals surface area contributed by atoms with E-state index >= 15 is 0 Å². The van der Waals surface area contributed by atoms with Gasteiger partial charge in [0.1, 0.15) is 9.54 Å². The van der Waals surface area contributed by atoms with Crippen LogP contribution >= 0.6 is 39.7 Å². The second-order valence-corrected chi connectivity index (χ2v) is 7.08. The van der Waals surface area contributed by atoms with E-state index in [1.54, 1.807) is 13.2 Å². The molecule has 1 fully saturated rings. The summed E-state index contributed by atoms with van der Waals surface area (Å²) in [5.41, 5.74) is 0. The van der Waals surface area contributed by atoms with E-state index in [2.05, 4.69) is 26.6 Å². The summed E-state index contributed by atoms with van der Waals surface area (Å²) in [6.45, 7) is 2.95. The average molecular weight is 384 g/mol. The number of methoxy groups -OCH3 is 1. The summed E-state index contributed by atoms with van der Waals surface area (Å²) >= 11 is 4.78. The predicted molar refractivity (Wildman–Crippen MR) is 88.4 cm³/mol. The van der Waals surface area contributed by atoms with Crippen molar-refractivity contribution in [3.8, 4) is 5.75 Å². The third-order valence-electron chi connectivity index (χ3n) is 3.34. The van der Waals surface area contributed by atoms with E-state index in [9.17, 15) is 4.79 Å². The van der Waals surface area contributed by atoms with Crippen LogP contribution in [-0.4, -0.2) is 32.7 Å². The van der Waals surface area contributed by atoms with Gasteiger partial charge in [-0.15, -0.1) is 23.7 Å². The Morgan fingerprint density at radius 2 is 2.45 bits per heavy atom. The molecule has 2 heterocycles. The Labute approximate surface area is 138 Å². The van der Waals surface area contributed by atoms with Crippen LogP contribution < -0.4 is 15.4 Å². The van der Waals surface area contributed by atoms with Crippen LogP contribution in [0.3, 0.4) is 0 Å². The maximum atomic E-state index is 12.0. The molecule has 1 amide bonds. The van der Waals surface area contributed by atoms with Crippen molar-refractivity contribution in [3.05, 3.63) is 14.7 Å². The summed E-state index contributed by atoms with van der Waals surface area (Å²) in [6, 6.07) is 1.77. The minimum absolute atomic E-state index is 0. The number of piperidine rings is 1. The number of nitrogens with one attached hydrogen (secondary N) is 2. The first-order chi connectivity index (χ1) is 9.20. The summed E-state index contributed by atoms with van der Waals surface area (Å²) in [7, 11) is 1.60. The minimum Gasteiger partial charge on any atom is -0.495 e. The molecule has 1 unspecified atom stereocenters. The second-order valence-electron chi connectivity index (χ2n) is 4.71. The molecule has 0 saturated carbocycles. The van der Waals surface area contributed by atoms with E-state index in [4.69, 9.17) is 4.74 Å². The molecule has 1 aliphatic heterocycles. The Balaban J connectivity index is 0.00000200. The number of thiophene rings is 1. The van der Waals surface area contributed by atoms with E-state index in [0.29, 0.717) is 16.5 Å². The van der Waals surface area contributed by atoms with E-state index in [1.807, 2.05) is 0 Å². The number of halogens is 2. The molecule has 0 aromatic carbocycles. The van der Waals surface area contributed by atoms with Crippen LogP contribution in [-0.2, 0) is 0 Å². The van der Waals surface area contributed by atoms with Gasteiger partial charge in [-0.25, -0.2) is 0 Å². The molecule has 1 aromatic heterocycles. The van der Waals surface area contributed by atoms with Crippen molar-refractivity contribution in [2.24, 2.45) is 5.92 Å². The van der Waals surface area contributed by atoms with Gasteiger partial charge in [-0.05, 0) is 54.2 Å². The third-order valence-corrected chi connectivity index (χ3v) is 5.12. The van der Waals surface area contributed by atoms with E-state index in [-0.39, 0.29) is 18.3 Å². The molecule has 114 valence electrons. The zero-order valence-corrected chi connectivity index (χ0v) is 14.6. The molecule has 2 N–H and O–H groups in total. The molecule has 4 nitrogen and oxygen atoms in total. The fourth-order valence-electron chi connectivity index (χ4n) is 2.25. The zero-order valence-electron chi connectivity index (χ0n) is 11.4. The van der Waals surface area contributed by atoms with Crippen molar-refractivity contribution in [3.63, 3.8) is 0 Å². The summed E-state index contributed by atoms with van der Waals surface area (Å²) in [5, 5.41) is 6.37. The summed E-state index contributed by atoms with van der Waals surface area (Å²) in [5.74, 6) is 1.39. The molecular weight excluding hydrogens is 364 g/mol. The van der Waals surface area contributed by atoms with Gasteiger partial charge in [0.05, 0.1) is 12.0 Å². The van der Waals surface area contributed by atoms with Gasteiger partial charge in [0.2, 0.25) is 0 Å². The third kappa shape index (κ3) is 4.91. The van der Waals surface area contributed by atoms with Crippen LogP contribution in [0.1, 0.15) is 28.9 Å². The number of hydrogen-bond donors (Lipinski definition) is 2. The molecular formula is C13H20BrClN2O2S. The van der Waals surface area contributed by atoms with Crippen molar-refractivity contribution in [2.75, 3.05) is 26.7 Å². The second kappa shape index (κ2) is 8.87. The average Bonchev–Trinajstić information content (AvgIpc) is 2.81. The minimum atomic E-state index is -0.0160. The topological polar surface area (TPSA) is 50.4 Å². The Bertz CT molecular complexity index is 436. The van der Waals surface area contributed by atoms with Gasteiger partial charge < -0.3 is 15.4 Å². The highest BCUT2D eigenvalue weighted by Gasteiger charge is 2.15. The van der Waals surface area contributed by atoms with E-state index < -0.39 is 0 Å². The molecule has 1 aliphatic rings. The van der Waals surface area contributed by atoms with E-state index in [1.165, 1.54) is 24.2 Å². The smallest absolute Gasteiger partial charge is 0.261 e. The van der Waals surface area contributed by atoms with Gasteiger partial charge >= 0.3 is 0 Å². The maximum absolute atomic E-state index is 12.0. The van der Waals surface area contributed by atoms with Gasteiger partial charge in [0.15, 0.2) is 0 Å². The number of amides is 1. The number of ether oxygens (including phenoxy) is 1. The lowest BCUT2D eigenvalue weighted by Crippen LogP contribution is -2.33. The zero-order chi connectivity index (χ0) is 13.7. The first-order valence-corrected chi connectivity index (χ1v) is 8.14. The van der Waals surface area contributed by atoms with Gasteiger partial charge in [-0.3, -0.25) is 4.79 Å². The van der Waals surface area contributed by atoms with E-state index in [0.717, 1.165) is 29.8 Å². The molecule has 0 bridgehead atoms. The van der Waals surface area contributed by atoms with Crippen molar-refractivity contribution in [1.29, 1.82) is 0 Å². The summed E-state index contributed by atoms with van der Waals surface area (Å²) in [4.78, 5) is 12.7. The molecule has 7 heteroatoms. The van der Waals surface area contributed by atoms with Gasteiger partial charge in [0.25, 0.3) is 5.91 Å².